The third-order valence-corrected chi connectivity index (χ3v) is 5.61. The van der Waals surface area contributed by atoms with E-state index in [2.05, 4.69) is 41.8 Å². The molecule has 0 bridgehead atoms. The molecule has 5 heteroatoms. The van der Waals surface area contributed by atoms with Crippen molar-refractivity contribution in [3.63, 3.8) is 0 Å². The summed E-state index contributed by atoms with van der Waals surface area (Å²) in [4.78, 5) is 26.6. The minimum absolute atomic E-state index is 0.141. The molecule has 0 aliphatic carbocycles. The van der Waals surface area contributed by atoms with Crippen LogP contribution < -0.4 is 10.6 Å². The smallest absolute Gasteiger partial charge is 0.252 e. The van der Waals surface area contributed by atoms with Crippen molar-refractivity contribution in [1.29, 1.82) is 0 Å². The van der Waals surface area contributed by atoms with Crippen molar-refractivity contribution in [2.45, 2.75) is 33.7 Å². The Morgan fingerprint density at radius 3 is 2.46 bits per heavy atom. The Balaban J connectivity index is 1.78. The zero-order valence-corrected chi connectivity index (χ0v) is 17.3. The number of hydrogen-bond donors (Lipinski definition) is 2. The second-order valence-electron chi connectivity index (χ2n) is 6.94. The predicted molar refractivity (Wildman–Crippen MR) is 116 cm³/mol. The Kier molecular flexibility index (Phi) is 5.95. The monoisotopic (exact) mass is 392 g/mol. The van der Waals surface area contributed by atoms with Crippen LogP contribution in [-0.4, -0.2) is 11.8 Å². The Labute approximate surface area is 169 Å². The normalized spacial score (nSPS) is 11.7. The molecule has 28 heavy (non-hydrogen) atoms. The number of aryl methyl sites for hydroxylation is 2. The fraction of sp³-hybridized carbons (Fsp3) is 0.217. The SMILES string of the molecule is CC(=O)Nc1ccc(C)c(C(=O)NC(C)c2cccc(-c3ccc(C)s3)c2)c1. The first-order valence-corrected chi connectivity index (χ1v) is 10.0. The Hall–Kier alpha value is -2.92. The van der Waals surface area contributed by atoms with Gasteiger partial charge in [-0.3, -0.25) is 9.59 Å². The van der Waals surface area contributed by atoms with Gasteiger partial charge in [0, 0.05) is 27.9 Å². The predicted octanol–water partition coefficient (Wildman–Crippen LogP) is 5.48. The van der Waals surface area contributed by atoms with Crippen molar-refractivity contribution in [1.82, 2.24) is 5.32 Å². The minimum Gasteiger partial charge on any atom is -0.346 e. The molecule has 3 aromatic rings. The van der Waals surface area contributed by atoms with E-state index in [1.54, 1.807) is 23.5 Å². The summed E-state index contributed by atoms with van der Waals surface area (Å²) >= 11 is 1.76. The third kappa shape index (κ3) is 4.67. The average molecular weight is 393 g/mol. The maximum absolute atomic E-state index is 12.8. The van der Waals surface area contributed by atoms with Gasteiger partial charge in [0.15, 0.2) is 0 Å². The molecule has 0 radical (unpaired) electrons. The topological polar surface area (TPSA) is 58.2 Å². The Morgan fingerprint density at radius 1 is 1.00 bits per heavy atom. The number of carbonyl (C=O) groups is 2. The van der Waals surface area contributed by atoms with E-state index in [1.165, 1.54) is 16.7 Å². The van der Waals surface area contributed by atoms with Crippen LogP contribution in [0.25, 0.3) is 10.4 Å². The molecule has 0 spiro atoms. The largest absolute Gasteiger partial charge is 0.346 e. The van der Waals surface area contributed by atoms with Gasteiger partial charge < -0.3 is 10.6 Å². The van der Waals surface area contributed by atoms with Crippen LogP contribution in [-0.2, 0) is 4.79 Å². The van der Waals surface area contributed by atoms with Crippen molar-refractivity contribution < 1.29 is 9.59 Å². The highest BCUT2D eigenvalue weighted by molar-refractivity contribution is 7.15. The number of amides is 2. The first kappa shape index (κ1) is 19.8. The number of nitrogens with one attached hydrogen (secondary N) is 2. The molecule has 1 atom stereocenters. The number of benzene rings is 2. The molecule has 1 aromatic heterocycles. The molecule has 0 aliphatic heterocycles. The van der Waals surface area contributed by atoms with Crippen LogP contribution in [0.15, 0.2) is 54.6 Å². The van der Waals surface area contributed by atoms with Crippen molar-refractivity contribution in [3.05, 3.63) is 76.2 Å². The summed E-state index contributed by atoms with van der Waals surface area (Å²) in [5.74, 6) is -0.321. The summed E-state index contributed by atoms with van der Waals surface area (Å²) in [6.07, 6.45) is 0. The highest BCUT2D eigenvalue weighted by atomic mass is 32.1. The lowest BCUT2D eigenvalue weighted by molar-refractivity contribution is -0.114. The van der Waals surface area contributed by atoms with Gasteiger partial charge in [0.05, 0.1) is 6.04 Å². The number of anilines is 1. The van der Waals surface area contributed by atoms with Crippen LogP contribution in [0.4, 0.5) is 5.69 Å². The summed E-state index contributed by atoms with van der Waals surface area (Å²) in [5.41, 5.74) is 4.24. The van der Waals surface area contributed by atoms with Gasteiger partial charge in [0.25, 0.3) is 5.91 Å². The molecule has 0 saturated heterocycles. The molecule has 1 unspecified atom stereocenters. The van der Waals surface area contributed by atoms with E-state index in [1.807, 2.05) is 32.0 Å². The van der Waals surface area contributed by atoms with Crippen LogP contribution in [0.5, 0.6) is 0 Å². The zero-order chi connectivity index (χ0) is 20.3. The van der Waals surface area contributed by atoms with E-state index in [4.69, 9.17) is 0 Å². The van der Waals surface area contributed by atoms with E-state index in [0.717, 1.165) is 16.7 Å². The third-order valence-electron chi connectivity index (χ3n) is 4.56. The van der Waals surface area contributed by atoms with Crippen molar-refractivity contribution in [2.75, 3.05) is 5.32 Å². The van der Waals surface area contributed by atoms with Crippen molar-refractivity contribution in [3.8, 4) is 10.4 Å². The van der Waals surface area contributed by atoms with Gasteiger partial charge in [0.2, 0.25) is 5.91 Å². The van der Waals surface area contributed by atoms with E-state index in [9.17, 15) is 9.59 Å². The first-order valence-electron chi connectivity index (χ1n) is 9.19. The van der Waals surface area contributed by atoms with Gasteiger partial charge in [-0.05, 0) is 67.8 Å². The first-order chi connectivity index (χ1) is 13.3. The van der Waals surface area contributed by atoms with Gasteiger partial charge in [-0.25, -0.2) is 0 Å². The standard InChI is InChI=1S/C23H24N2O2S/c1-14-8-10-20(25-17(4)26)13-21(14)23(27)24-16(3)18-6-5-7-19(12-18)22-11-9-15(2)28-22/h5-13,16H,1-4H3,(H,24,27)(H,25,26). The molecule has 2 aromatic carbocycles. The summed E-state index contributed by atoms with van der Waals surface area (Å²) in [5, 5.41) is 5.79. The van der Waals surface area contributed by atoms with E-state index in [-0.39, 0.29) is 17.9 Å². The molecule has 0 saturated carbocycles. The van der Waals surface area contributed by atoms with Crippen LogP contribution >= 0.6 is 11.3 Å². The van der Waals surface area contributed by atoms with Crippen molar-refractivity contribution in [2.24, 2.45) is 0 Å². The Morgan fingerprint density at radius 2 is 1.79 bits per heavy atom. The van der Waals surface area contributed by atoms with Crippen LogP contribution in [0.3, 0.4) is 0 Å². The van der Waals surface area contributed by atoms with Crippen LogP contribution in [0.2, 0.25) is 0 Å². The molecule has 0 fully saturated rings. The van der Waals surface area contributed by atoms with Gasteiger partial charge in [-0.1, -0.05) is 24.3 Å². The van der Waals surface area contributed by atoms with Gasteiger partial charge >= 0.3 is 0 Å². The van der Waals surface area contributed by atoms with Crippen molar-refractivity contribution >= 4 is 28.8 Å². The molecule has 144 valence electrons. The fourth-order valence-electron chi connectivity index (χ4n) is 3.06. The zero-order valence-electron chi connectivity index (χ0n) is 16.5. The lowest BCUT2D eigenvalue weighted by Gasteiger charge is -2.17. The van der Waals surface area contributed by atoms with Gasteiger partial charge in [0.1, 0.15) is 0 Å². The maximum Gasteiger partial charge on any atom is 0.252 e. The number of carbonyl (C=O) groups excluding carboxylic acids is 2. The summed E-state index contributed by atoms with van der Waals surface area (Å²) < 4.78 is 0. The molecular weight excluding hydrogens is 368 g/mol. The quantitative estimate of drug-likeness (QED) is 0.604. The lowest BCUT2D eigenvalue weighted by Crippen LogP contribution is -2.27. The second kappa shape index (κ2) is 8.40. The number of hydrogen-bond acceptors (Lipinski definition) is 3. The van der Waals surface area contributed by atoms with E-state index < -0.39 is 0 Å². The molecule has 4 nitrogen and oxygen atoms in total. The fourth-order valence-corrected chi connectivity index (χ4v) is 3.92. The molecule has 2 amide bonds. The van der Waals surface area contributed by atoms with Gasteiger partial charge in [-0.15, -0.1) is 11.3 Å². The summed E-state index contributed by atoms with van der Waals surface area (Å²) in [7, 11) is 0. The molecule has 1 heterocycles. The molecular formula is C23H24N2O2S. The highest BCUT2D eigenvalue weighted by Crippen LogP contribution is 2.29. The van der Waals surface area contributed by atoms with Gasteiger partial charge in [-0.2, -0.15) is 0 Å². The summed E-state index contributed by atoms with van der Waals surface area (Å²) in [6.45, 7) is 7.41. The average Bonchev–Trinajstić information content (AvgIpc) is 3.09. The minimum atomic E-state index is -0.163. The molecule has 0 aliphatic rings. The lowest BCUT2D eigenvalue weighted by atomic mass is 10.0. The van der Waals surface area contributed by atoms with Crippen LogP contribution in [0.1, 0.15) is 46.3 Å². The van der Waals surface area contributed by atoms with E-state index >= 15 is 0 Å². The second-order valence-corrected chi connectivity index (χ2v) is 8.23. The Bertz CT molecular complexity index is 1020. The van der Waals surface area contributed by atoms with Crippen LogP contribution in [0, 0.1) is 13.8 Å². The number of rotatable bonds is 5. The summed E-state index contributed by atoms with van der Waals surface area (Å²) in [6, 6.07) is 17.7. The van der Waals surface area contributed by atoms with E-state index in [0.29, 0.717) is 11.3 Å². The maximum atomic E-state index is 12.8. The molecule has 2 N–H and O–H groups in total. The molecule has 3 rings (SSSR count). The number of thiophene rings is 1. The highest BCUT2D eigenvalue weighted by Gasteiger charge is 2.15.